The monoisotopic (exact) mass is 346 g/mol. The number of likely N-dealkylation sites (tertiary alicyclic amines) is 1. The maximum Gasteiger partial charge on any atom is 0.229 e. The highest BCUT2D eigenvalue weighted by Gasteiger charge is 2.34. The molecule has 1 atom stereocenters. The van der Waals surface area contributed by atoms with E-state index in [1.54, 1.807) is 4.90 Å². The summed E-state index contributed by atoms with van der Waals surface area (Å²) < 4.78 is 0. The van der Waals surface area contributed by atoms with Gasteiger partial charge in [0.25, 0.3) is 0 Å². The lowest BCUT2D eigenvalue weighted by Crippen LogP contribution is -2.34. The minimum absolute atomic E-state index is 0.0684. The number of carbonyl (C=O) groups is 2. The summed E-state index contributed by atoms with van der Waals surface area (Å²) in [7, 11) is 3.96. The van der Waals surface area contributed by atoms with Gasteiger partial charge in [-0.15, -0.1) is 0 Å². The molecule has 0 aromatic heterocycles. The third-order valence-electron chi connectivity index (χ3n) is 4.67. The molecule has 1 aliphatic heterocycles. The topological polar surface area (TPSA) is 55.9 Å². The average molecular weight is 346 g/mol. The van der Waals surface area contributed by atoms with E-state index < -0.39 is 0 Å². The minimum Gasteiger partial charge on any atom is -0.372 e. The van der Waals surface area contributed by atoms with Crippen molar-refractivity contribution < 1.29 is 9.59 Å². The van der Waals surface area contributed by atoms with Crippen molar-refractivity contribution in [3.05, 3.63) is 24.3 Å². The van der Waals surface area contributed by atoms with Crippen LogP contribution in [-0.4, -0.2) is 68.4 Å². The van der Waals surface area contributed by atoms with E-state index in [4.69, 9.17) is 0 Å². The highest BCUT2D eigenvalue weighted by Crippen LogP contribution is 2.21. The second-order valence-corrected chi connectivity index (χ2v) is 6.75. The first-order chi connectivity index (χ1) is 11.9. The summed E-state index contributed by atoms with van der Waals surface area (Å²) in [5.74, 6) is -0.271. The second kappa shape index (κ2) is 8.85. The summed E-state index contributed by atoms with van der Waals surface area (Å²) in [5, 5.41) is 2.95. The number of amides is 2. The zero-order chi connectivity index (χ0) is 18.4. The van der Waals surface area contributed by atoms with E-state index in [9.17, 15) is 9.59 Å². The third kappa shape index (κ3) is 5.19. The van der Waals surface area contributed by atoms with Crippen LogP contribution in [0.2, 0.25) is 0 Å². The molecule has 1 heterocycles. The van der Waals surface area contributed by atoms with Crippen LogP contribution in [0.3, 0.4) is 0 Å². The number of anilines is 2. The van der Waals surface area contributed by atoms with E-state index in [1.165, 1.54) is 0 Å². The molecule has 2 rings (SSSR count). The molecule has 0 aliphatic carbocycles. The van der Waals surface area contributed by atoms with Crippen molar-refractivity contribution in [2.24, 2.45) is 5.92 Å². The fourth-order valence-corrected chi connectivity index (χ4v) is 3.07. The van der Waals surface area contributed by atoms with Gasteiger partial charge in [0, 0.05) is 50.5 Å². The molecule has 0 saturated carbocycles. The minimum atomic E-state index is -0.267. The second-order valence-electron chi connectivity index (χ2n) is 6.75. The van der Waals surface area contributed by atoms with Crippen molar-refractivity contribution in [3.8, 4) is 0 Å². The first kappa shape index (κ1) is 19.2. The number of carbonyl (C=O) groups excluding carboxylic acids is 2. The van der Waals surface area contributed by atoms with Gasteiger partial charge in [-0.2, -0.15) is 0 Å². The molecule has 6 heteroatoms. The molecule has 1 aromatic carbocycles. The molecule has 0 bridgehead atoms. The van der Waals surface area contributed by atoms with Crippen LogP contribution < -0.4 is 10.2 Å². The van der Waals surface area contributed by atoms with Gasteiger partial charge in [0.1, 0.15) is 0 Å². The molecule has 1 fully saturated rings. The fourth-order valence-electron chi connectivity index (χ4n) is 3.07. The average Bonchev–Trinajstić information content (AvgIpc) is 2.96. The molecule has 0 radical (unpaired) electrons. The van der Waals surface area contributed by atoms with Crippen LogP contribution in [0.5, 0.6) is 0 Å². The Kier molecular flexibility index (Phi) is 6.82. The van der Waals surface area contributed by atoms with Gasteiger partial charge in [-0.25, -0.2) is 0 Å². The molecule has 2 amide bonds. The van der Waals surface area contributed by atoms with Crippen LogP contribution in [0, 0.1) is 5.92 Å². The zero-order valence-corrected chi connectivity index (χ0v) is 15.8. The van der Waals surface area contributed by atoms with Crippen molar-refractivity contribution in [2.75, 3.05) is 57.0 Å². The Morgan fingerprint density at radius 2 is 1.84 bits per heavy atom. The predicted molar refractivity (Wildman–Crippen MR) is 102 cm³/mol. The predicted octanol–water partition coefficient (Wildman–Crippen LogP) is 1.88. The van der Waals surface area contributed by atoms with E-state index in [1.807, 2.05) is 43.3 Å². The van der Waals surface area contributed by atoms with E-state index in [0.717, 1.165) is 31.0 Å². The summed E-state index contributed by atoms with van der Waals surface area (Å²) >= 11 is 0. The van der Waals surface area contributed by atoms with Crippen molar-refractivity contribution >= 4 is 23.2 Å². The Bertz CT molecular complexity index is 582. The number of nitrogens with zero attached hydrogens (tertiary/aromatic N) is 3. The Hall–Kier alpha value is -2.08. The highest BCUT2D eigenvalue weighted by atomic mass is 16.2. The Balaban J connectivity index is 1.90. The number of rotatable bonds is 8. The number of benzene rings is 1. The maximum atomic E-state index is 12.5. The van der Waals surface area contributed by atoms with Crippen molar-refractivity contribution in [1.82, 2.24) is 9.80 Å². The van der Waals surface area contributed by atoms with Crippen LogP contribution in [-0.2, 0) is 9.59 Å². The Morgan fingerprint density at radius 1 is 1.20 bits per heavy atom. The lowest BCUT2D eigenvalue weighted by atomic mass is 10.1. The van der Waals surface area contributed by atoms with Gasteiger partial charge in [-0.05, 0) is 52.2 Å². The van der Waals surface area contributed by atoms with Gasteiger partial charge >= 0.3 is 0 Å². The highest BCUT2D eigenvalue weighted by molar-refractivity contribution is 5.97. The lowest BCUT2D eigenvalue weighted by Gasteiger charge is -2.21. The molecular weight excluding hydrogens is 316 g/mol. The van der Waals surface area contributed by atoms with E-state index in [0.29, 0.717) is 19.5 Å². The molecule has 1 aromatic rings. The number of hydrogen-bond donors (Lipinski definition) is 1. The lowest BCUT2D eigenvalue weighted by molar-refractivity contribution is -0.128. The molecular formula is C19H30N4O2. The van der Waals surface area contributed by atoms with E-state index >= 15 is 0 Å². The first-order valence-corrected chi connectivity index (χ1v) is 9.03. The third-order valence-corrected chi connectivity index (χ3v) is 4.67. The van der Waals surface area contributed by atoms with Crippen molar-refractivity contribution in [2.45, 2.75) is 20.3 Å². The molecule has 1 aliphatic rings. The SMILES string of the molecule is CCN(CC)c1ccc(NC(=O)C2CC(=O)N(CCN(C)C)C2)cc1. The van der Waals surface area contributed by atoms with Gasteiger partial charge in [0.05, 0.1) is 5.92 Å². The van der Waals surface area contributed by atoms with Gasteiger partial charge in [0.15, 0.2) is 0 Å². The molecule has 1 N–H and O–H groups in total. The molecule has 6 nitrogen and oxygen atoms in total. The largest absolute Gasteiger partial charge is 0.372 e. The maximum absolute atomic E-state index is 12.5. The van der Waals surface area contributed by atoms with Crippen molar-refractivity contribution in [1.29, 1.82) is 0 Å². The van der Waals surface area contributed by atoms with Crippen LogP contribution in [0.15, 0.2) is 24.3 Å². The van der Waals surface area contributed by atoms with Gasteiger partial charge in [0.2, 0.25) is 11.8 Å². The smallest absolute Gasteiger partial charge is 0.229 e. The number of likely N-dealkylation sites (N-methyl/N-ethyl adjacent to an activating group) is 1. The Labute approximate surface area is 150 Å². The van der Waals surface area contributed by atoms with Crippen LogP contribution >= 0.6 is 0 Å². The summed E-state index contributed by atoms with van der Waals surface area (Å²) in [6, 6.07) is 7.88. The molecule has 138 valence electrons. The molecule has 25 heavy (non-hydrogen) atoms. The summed E-state index contributed by atoms with van der Waals surface area (Å²) in [4.78, 5) is 30.6. The molecule has 0 spiro atoms. The Morgan fingerprint density at radius 3 is 2.40 bits per heavy atom. The summed E-state index contributed by atoms with van der Waals surface area (Å²) in [6.45, 7) is 8.15. The van der Waals surface area contributed by atoms with E-state index in [-0.39, 0.29) is 17.7 Å². The van der Waals surface area contributed by atoms with Gasteiger partial charge in [-0.3, -0.25) is 9.59 Å². The molecule has 1 saturated heterocycles. The fraction of sp³-hybridized carbons (Fsp3) is 0.579. The quantitative estimate of drug-likeness (QED) is 0.781. The first-order valence-electron chi connectivity index (χ1n) is 9.03. The standard InChI is InChI=1S/C19H30N4O2/c1-5-22(6-2)17-9-7-16(8-10-17)20-19(25)15-13-18(24)23(14-15)12-11-21(3)4/h7-10,15H,5-6,11-14H2,1-4H3,(H,20,25). The normalized spacial score (nSPS) is 17.2. The summed E-state index contributed by atoms with van der Waals surface area (Å²) in [5.41, 5.74) is 1.93. The summed E-state index contributed by atoms with van der Waals surface area (Å²) in [6.07, 6.45) is 0.302. The van der Waals surface area contributed by atoms with Crippen LogP contribution in [0.1, 0.15) is 20.3 Å². The van der Waals surface area contributed by atoms with Gasteiger partial charge in [-0.1, -0.05) is 0 Å². The van der Waals surface area contributed by atoms with Gasteiger partial charge < -0.3 is 20.0 Å². The zero-order valence-electron chi connectivity index (χ0n) is 15.8. The van der Waals surface area contributed by atoms with Crippen molar-refractivity contribution in [3.63, 3.8) is 0 Å². The van der Waals surface area contributed by atoms with Crippen LogP contribution in [0.4, 0.5) is 11.4 Å². The molecule has 1 unspecified atom stereocenters. The van der Waals surface area contributed by atoms with E-state index in [2.05, 4.69) is 24.1 Å². The van der Waals surface area contributed by atoms with Crippen LogP contribution in [0.25, 0.3) is 0 Å². The number of hydrogen-bond acceptors (Lipinski definition) is 4. The number of nitrogens with one attached hydrogen (secondary N) is 1.